The summed E-state index contributed by atoms with van der Waals surface area (Å²) in [6, 6.07) is 2.00. The predicted molar refractivity (Wildman–Crippen MR) is 83.9 cm³/mol. The van der Waals surface area contributed by atoms with Gasteiger partial charge >= 0.3 is 0 Å². The quantitative estimate of drug-likeness (QED) is 0.809. The van der Waals surface area contributed by atoms with Gasteiger partial charge in [0, 0.05) is 31.6 Å². The zero-order valence-electron chi connectivity index (χ0n) is 12.5. The Morgan fingerprint density at radius 2 is 2.33 bits per heavy atom. The van der Waals surface area contributed by atoms with Crippen molar-refractivity contribution < 1.29 is 4.74 Å². The van der Waals surface area contributed by atoms with Gasteiger partial charge < -0.3 is 14.2 Å². The molecule has 5 nitrogen and oxygen atoms in total. The van der Waals surface area contributed by atoms with Crippen LogP contribution in [0.25, 0.3) is 11.2 Å². The van der Waals surface area contributed by atoms with Crippen LogP contribution in [0.2, 0.25) is 0 Å². The minimum Gasteiger partial charge on any atom is -0.374 e. The fraction of sp³-hybridized carbons (Fsp3) is 0.600. The topological polar surface area (TPSA) is 43.2 Å². The molecule has 0 saturated carbocycles. The standard InChI is InChI=1S/C15H21ClN4O/c1-11-4-6-17-15-14(11)18-13(3-5-16)20(15)10-12-9-19(2)7-8-21-12/h4,6,12H,3,5,7-10H2,1-2H3. The van der Waals surface area contributed by atoms with Gasteiger partial charge in [0.2, 0.25) is 0 Å². The van der Waals surface area contributed by atoms with Crippen LogP contribution < -0.4 is 0 Å². The number of hydrogen-bond donors (Lipinski definition) is 0. The van der Waals surface area contributed by atoms with E-state index >= 15 is 0 Å². The van der Waals surface area contributed by atoms with Crippen LogP contribution in [-0.4, -0.2) is 58.2 Å². The first kappa shape index (κ1) is 14.8. The highest BCUT2D eigenvalue weighted by Crippen LogP contribution is 2.20. The summed E-state index contributed by atoms with van der Waals surface area (Å²) in [6.07, 6.45) is 2.77. The molecular weight excluding hydrogens is 288 g/mol. The second-order valence-corrected chi connectivity index (χ2v) is 6.01. The Morgan fingerprint density at radius 1 is 1.48 bits per heavy atom. The molecule has 21 heavy (non-hydrogen) atoms. The molecule has 3 rings (SSSR count). The summed E-state index contributed by atoms with van der Waals surface area (Å²) in [5.41, 5.74) is 3.06. The van der Waals surface area contributed by atoms with E-state index in [1.54, 1.807) is 0 Å². The van der Waals surface area contributed by atoms with Gasteiger partial charge in [-0.25, -0.2) is 9.97 Å². The van der Waals surface area contributed by atoms with E-state index in [2.05, 4.69) is 28.4 Å². The maximum absolute atomic E-state index is 5.93. The maximum atomic E-state index is 5.93. The molecule has 2 aromatic rings. The summed E-state index contributed by atoms with van der Waals surface area (Å²) in [4.78, 5) is 11.5. The normalized spacial score (nSPS) is 20.2. The lowest BCUT2D eigenvalue weighted by atomic mass is 10.2. The van der Waals surface area contributed by atoms with Gasteiger partial charge in [-0.15, -0.1) is 11.6 Å². The first-order chi connectivity index (χ1) is 10.2. The van der Waals surface area contributed by atoms with Crippen LogP contribution >= 0.6 is 11.6 Å². The number of aromatic nitrogens is 3. The van der Waals surface area contributed by atoms with Crippen LogP contribution in [0.15, 0.2) is 12.3 Å². The van der Waals surface area contributed by atoms with Crippen molar-refractivity contribution in [2.75, 3.05) is 32.6 Å². The Bertz CT molecular complexity index is 627. The third-order valence-corrected chi connectivity index (χ3v) is 4.15. The van der Waals surface area contributed by atoms with E-state index in [0.717, 1.165) is 55.2 Å². The largest absolute Gasteiger partial charge is 0.374 e. The van der Waals surface area contributed by atoms with Crippen molar-refractivity contribution in [2.24, 2.45) is 0 Å². The van der Waals surface area contributed by atoms with E-state index in [0.29, 0.717) is 5.88 Å². The summed E-state index contributed by atoms with van der Waals surface area (Å²) < 4.78 is 8.06. The highest BCUT2D eigenvalue weighted by atomic mass is 35.5. The number of aryl methyl sites for hydroxylation is 2. The van der Waals surface area contributed by atoms with Gasteiger partial charge in [-0.3, -0.25) is 0 Å². The number of alkyl halides is 1. The molecule has 0 aromatic carbocycles. The molecule has 0 spiro atoms. The average molecular weight is 309 g/mol. The third-order valence-electron chi connectivity index (χ3n) is 3.96. The van der Waals surface area contributed by atoms with Gasteiger partial charge in [-0.2, -0.15) is 0 Å². The lowest BCUT2D eigenvalue weighted by Crippen LogP contribution is -2.42. The van der Waals surface area contributed by atoms with Crippen LogP contribution in [-0.2, 0) is 17.7 Å². The molecule has 0 radical (unpaired) electrons. The molecule has 1 aliphatic heterocycles. The Hall–Kier alpha value is -1.17. The molecule has 3 heterocycles. The van der Waals surface area contributed by atoms with Crippen LogP contribution in [0, 0.1) is 6.92 Å². The SMILES string of the molecule is Cc1ccnc2c1nc(CCCl)n2CC1CN(C)CCO1. The molecule has 2 aromatic heterocycles. The van der Waals surface area contributed by atoms with E-state index in [4.69, 9.17) is 21.3 Å². The molecule has 1 atom stereocenters. The lowest BCUT2D eigenvalue weighted by molar-refractivity contribution is -0.0273. The Balaban J connectivity index is 1.95. The van der Waals surface area contributed by atoms with Gasteiger partial charge in [0.1, 0.15) is 11.3 Å². The molecule has 0 aliphatic carbocycles. The van der Waals surface area contributed by atoms with E-state index in [-0.39, 0.29) is 6.10 Å². The number of likely N-dealkylation sites (N-methyl/N-ethyl adjacent to an activating group) is 1. The van der Waals surface area contributed by atoms with Crippen LogP contribution in [0.4, 0.5) is 0 Å². The molecule has 0 N–H and O–H groups in total. The van der Waals surface area contributed by atoms with E-state index in [9.17, 15) is 0 Å². The number of nitrogens with zero attached hydrogens (tertiary/aromatic N) is 4. The highest BCUT2D eigenvalue weighted by molar-refractivity contribution is 6.17. The third kappa shape index (κ3) is 3.05. The highest BCUT2D eigenvalue weighted by Gasteiger charge is 2.21. The van der Waals surface area contributed by atoms with Gasteiger partial charge in [0.15, 0.2) is 5.65 Å². The Morgan fingerprint density at radius 3 is 3.10 bits per heavy atom. The number of imidazole rings is 1. The van der Waals surface area contributed by atoms with E-state index < -0.39 is 0 Å². The molecule has 0 bridgehead atoms. The summed E-state index contributed by atoms with van der Waals surface area (Å²) >= 11 is 5.93. The molecule has 1 aliphatic rings. The number of halogens is 1. The zero-order valence-corrected chi connectivity index (χ0v) is 13.3. The summed E-state index contributed by atoms with van der Waals surface area (Å²) in [7, 11) is 2.13. The minimum atomic E-state index is 0.178. The molecule has 1 fully saturated rings. The van der Waals surface area contributed by atoms with Gasteiger partial charge in [-0.1, -0.05) is 0 Å². The van der Waals surface area contributed by atoms with E-state index in [1.165, 1.54) is 0 Å². The number of pyridine rings is 1. The molecular formula is C15H21ClN4O. The second kappa shape index (κ2) is 6.30. The Kier molecular flexibility index (Phi) is 4.42. The van der Waals surface area contributed by atoms with Crippen LogP contribution in [0.3, 0.4) is 0 Å². The zero-order chi connectivity index (χ0) is 14.8. The fourth-order valence-electron chi connectivity index (χ4n) is 2.83. The molecule has 6 heteroatoms. The molecule has 114 valence electrons. The van der Waals surface area contributed by atoms with E-state index in [1.807, 2.05) is 12.3 Å². The first-order valence-electron chi connectivity index (χ1n) is 7.36. The molecule has 1 saturated heterocycles. The predicted octanol–water partition coefficient (Wildman–Crippen LogP) is 1.85. The van der Waals surface area contributed by atoms with Crippen LogP contribution in [0.1, 0.15) is 11.4 Å². The first-order valence-corrected chi connectivity index (χ1v) is 7.89. The second-order valence-electron chi connectivity index (χ2n) is 5.63. The maximum Gasteiger partial charge on any atom is 0.160 e. The number of morpholine rings is 1. The van der Waals surface area contributed by atoms with Crippen molar-refractivity contribution in [2.45, 2.75) is 26.0 Å². The van der Waals surface area contributed by atoms with Crippen molar-refractivity contribution in [3.8, 4) is 0 Å². The summed E-state index contributed by atoms with van der Waals surface area (Å²) in [5.74, 6) is 1.56. The smallest absolute Gasteiger partial charge is 0.160 e. The minimum absolute atomic E-state index is 0.178. The number of fused-ring (bicyclic) bond motifs is 1. The lowest BCUT2D eigenvalue weighted by Gasteiger charge is -2.30. The summed E-state index contributed by atoms with van der Waals surface area (Å²) in [5, 5.41) is 0. The summed E-state index contributed by atoms with van der Waals surface area (Å²) in [6.45, 7) is 5.56. The number of ether oxygens (including phenoxy) is 1. The van der Waals surface area contributed by atoms with Crippen molar-refractivity contribution in [1.82, 2.24) is 19.4 Å². The number of rotatable bonds is 4. The average Bonchev–Trinajstić information content (AvgIpc) is 2.79. The van der Waals surface area contributed by atoms with Crippen molar-refractivity contribution in [3.05, 3.63) is 23.7 Å². The monoisotopic (exact) mass is 308 g/mol. The van der Waals surface area contributed by atoms with Gasteiger partial charge in [0.05, 0.1) is 19.3 Å². The Labute approximate surface area is 129 Å². The van der Waals surface area contributed by atoms with Crippen molar-refractivity contribution >= 4 is 22.8 Å². The van der Waals surface area contributed by atoms with Crippen LogP contribution in [0.5, 0.6) is 0 Å². The van der Waals surface area contributed by atoms with Crippen molar-refractivity contribution in [1.29, 1.82) is 0 Å². The molecule has 0 amide bonds. The molecule has 1 unspecified atom stereocenters. The number of hydrogen-bond acceptors (Lipinski definition) is 4. The van der Waals surface area contributed by atoms with Gasteiger partial charge in [-0.05, 0) is 25.6 Å². The fourth-order valence-corrected chi connectivity index (χ4v) is 3.00. The van der Waals surface area contributed by atoms with Crippen molar-refractivity contribution in [3.63, 3.8) is 0 Å². The van der Waals surface area contributed by atoms with Gasteiger partial charge in [0.25, 0.3) is 0 Å².